The molecular weight excluding hydrogens is 514 g/mol. The van der Waals surface area contributed by atoms with E-state index in [1.807, 2.05) is 0 Å². The molecule has 0 saturated carbocycles. The van der Waals surface area contributed by atoms with Gasteiger partial charge >= 0.3 is 24.3 Å². The molecule has 0 atom stereocenters. The Morgan fingerprint density at radius 3 is 1.86 bits per heavy atom. The molecule has 10 nitrogen and oxygen atoms in total. The third-order valence-corrected chi connectivity index (χ3v) is 6.61. The number of likely N-dealkylation sites (tertiary alicyclic amines) is 1. The molecule has 1 aromatic rings. The Balaban J connectivity index is 0.000000362. The van der Waals surface area contributed by atoms with Gasteiger partial charge in [-0.05, 0) is 18.9 Å². The molecule has 2 N–H and O–H groups in total. The number of aryl methyl sites for hydroxylation is 1. The monoisotopic (exact) mass is 540 g/mol. The Hall–Kier alpha value is -2.40. The zero-order valence-electron chi connectivity index (χ0n) is 19.0. The Bertz CT molecular complexity index is 962. The van der Waals surface area contributed by atoms with Crippen LogP contribution < -0.4 is 0 Å². The molecule has 17 heteroatoms. The molecule has 2 fully saturated rings. The SMILES string of the molecule is CC(C)CN1CCC2(C1)CN(S(=O)(=O)c1cn(C)cn1)C2.O=C(O)C(F)(F)F.O=C(O)C(F)(F)F. The smallest absolute Gasteiger partial charge is 0.475 e. The van der Waals surface area contributed by atoms with Crippen LogP contribution in [-0.4, -0.2) is 94.4 Å². The van der Waals surface area contributed by atoms with E-state index in [-0.39, 0.29) is 10.4 Å². The molecule has 3 heterocycles. The average molecular weight is 540 g/mol. The number of hydrogen-bond acceptors (Lipinski definition) is 6. The topological polar surface area (TPSA) is 133 Å². The van der Waals surface area contributed by atoms with E-state index < -0.39 is 34.3 Å². The number of alkyl halides is 6. The second kappa shape index (κ2) is 11.1. The summed E-state index contributed by atoms with van der Waals surface area (Å²) in [7, 11) is -1.62. The third kappa shape index (κ3) is 8.96. The first-order chi connectivity index (χ1) is 15.7. The molecule has 0 aromatic carbocycles. The Morgan fingerprint density at radius 2 is 1.51 bits per heavy atom. The maximum Gasteiger partial charge on any atom is 0.490 e. The fourth-order valence-corrected chi connectivity index (χ4v) is 5.12. The first-order valence-corrected chi connectivity index (χ1v) is 11.4. The third-order valence-electron chi connectivity index (χ3n) is 4.93. The van der Waals surface area contributed by atoms with Crippen molar-refractivity contribution in [2.45, 2.75) is 37.6 Å². The maximum atomic E-state index is 12.5. The van der Waals surface area contributed by atoms with Gasteiger partial charge in [0.25, 0.3) is 10.0 Å². The summed E-state index contributed by atoms with van der Waals surface area (Å²) < 4.78 is 91.6. The van der Waals surface area contributed by atoms with Crippen LogP contribution in [0.2, 0.25) is 0 Å². The fraction of sp³-hybridized carbons (Fsp3) is 0.722. The number of carboxylic acid groups (broad SMARTS) is 2. The van der Waals surface area contributed by atoms with E-state index in [1.54, 1.807) is 22.1 Å². The molecule has 1 spiro atoms. The lowest BCUT2D eigenvalue weighted by atomic mass is 9.81. The van der Waals surface area contributed by atoms with Crippen LogP contribution in [-0.2, 0) is 26.7 Å². The van der Waals surface area contributed by atoms with Gasteiger partial charge in [-0.15, -0.1) is 0 Å². The summed E-state index contributed by atoms with van der Waals surface area (Å²) in [5.74, 6) is -4.85. The molecule has 0 bridgehead atoms. The van der Waals surface area contributed by atoms with E-state index in [1.165, 1.54) is 6.33 Å². The standard InChI is InChI=1S/C14H24N4O2S.2C2HF3O2/c1-12(2)6-17-5-4-14(8-17)9-18(10-14)21(19,20)13-7-16(3)11-15-13;2*3-2(4,5)1(6)7/h7,11-12H,4-6,8-10H2,1-3H3;2*(H,6,7). The van der Waals surface area contributed by atoms with E-state index in [0.29, 0.717) is 19.0 Å². The number of aliphatic carboxylic acids is 2. The number of aromatic nitrogens is 2. The molecule has 2 aliphatic heterocycles. The van der Waals surface area contributed by atoms with Crippen LogP contribution in [0.3, 0.4) is 0 Å². The highest BCUT2D eigenvalue weighted by atomic mass is 32.2. The minimum atomic E-state index is -5.08. The number of rotatable bonds is 4. The number of carbonyl (C=O) groups is 2. The van der Waals surface area contributed by atoms with Crippen molar-refractivity contribution in [3.8, 4) is 0 Å². The quantitative estimate of drug-likeness (QED) is 0.555. The van der Waals surface area contributed by atoms with Gasteiger partial charge in [0, 0.05) is 44.8 Å². The summed E-state index contributed by atoms with van der Waals surface area (Å²) in [6, 6.07) is 0. The van der Waals surface area contributed by atoms with Crippen LogP contribution in [0, 0.1) is 11.3 Å². The van der Waals surface area contributed by atoms with E-state index in [9.17, 15) is 34.8 Å². The largest absolute Gasteiger partial charge is 0.490 e. The fourth-order valence-electron chi connectivity index (χ4n) is 3.48. The molecule has 1 aromatic heterocycles. The van der Waals surface area contributed by atoms with Crippen LogP contribution in [0.5, 0.6) is 0 Å². The first-order valence-electron chi connectivity index (χ1n) is 10.0. The molecule has 0 aliphatic carbocycles. The second-order valence-corrected chi connectivity index (χ2v) is 10.5. The molecule has 202 valence electrons. The molecule has 0 unspecified atom stereocenters. The van der Waals surface area contributed by atoms with Gasteiger partial charge in [-0.1, -0.05) is 13.8 Å². The Kier molecular flexibility index (Phi) is 9.73. The minimum Gasteiger partial charge on any atom is -0.475 e. The van der Waals surface area contributed by atoms with Crippen LogP contribution >= 0.6 is 0 Å². The molecule has 0 radical (unpaired) electrons. The molecule has 0 amide bonds. The number of halogens is 6. The lowest BCUT2D eigenvalue weighted by Gasteiger charge is -2.46. The van der Waals surface area contributed by atoms with Gasteiger partial charge in [0.1, 0.15) is 0 Å². The van der Waals surface area contributed by atoms with Gasteiger partial charge in [-0.3, -0.25) is 0 Å². The Morgan fingerprint density at radius 1 is 1.06 bits per heavy atom. The number of sulfonamides is 1. The first kappa shape index (κ1) is 30.6. The molecule has 35 heavy (non-hydrogen) atoms. The van der Waals surface area contributed by atoms with Gasteiger partial charge in [0.15, 0.2) is 5.03 Å². The predicted molar refractivity (Wildman–Crippen MR) is 108 cm³/mol. The van der Waals surface area contributed by atoms with Crippen molar-refractivity contribution in [1.82, 2.24) is 18.8 Å². The van der Waals surface area contributed by atoms with Gasteiger partial charge in [0.05, 0.1) is 6.33 Å². The maximum absolute atomic E-state index is 12.5. The molecular formula is C18H26F6N4O6S. The number of imidazole rings is 1. The predicted octanol–water partition coefficient (Wildman–Crippen LogP) is 2.04. The summed E-state index contributed by atoms with van der Waals surface area (Å²) in [5, 5.41) is 14.4. The number of nitrogens with zero attached hydrogens (tertiary/aromatic N) is 4. The zero-order valence-corrected chi connectivity index (χ0v) is 19.8. The summed E-state index contributed by atoms with van der Waals surface area (Å²) in [6.45, 7) is 8.96. The lowest BCUT2D eigenvalue weighted by Crippen LogP contribution is -2.59. The lowest BCUT2D eigenvalue weighted by molar-refractivity contribution is -0.193. The normalized spacial score (nSPS) is 18.3. The van der Waals surface area contributed by atoms with Crippen molar-refractivity contribution in [3.63, 3.8) is 0 Å². The summed E-state index contributed by atoms with van der Waals surface area (Å²) in [5.41, 5.74) is 0.177. The van der Waals surface area contributed by atoms with Gasteiger partial charge in [0.2, 0.25) is 0 Å². The van der Waals surface area contributed by atoms with Crippen molar-refractivity contribution >= 4 is 22.0 Å². The summed E-state index contributed by atoms with van der Waals surface area (Å²) in [4.78, 5) is 24.2. The van der Waals surface area contributed by atoms with E-state index >= 15 is 0 Å². The second-order valence-electron chi connectivity index (χ2n) is 8.64. The van der Waals surface area contributed by atoms with Gasteiger partial charge in [-0.25, -0.2) is 23.0 Å². The molecule has 2 saturated heterocycles. The molecule has 3 rings (SSSR count). The van der Waals surface area contributed by atoms with Crippen LogP contribution in [0.4, 0.5) is 26.3 Å². The van der Waals surface area contributed by atoms with Crippen LogP contribution in [0.25, 0.3) is 0 Å². The number of carboxylic acids is 2. The van der Waals surface area contributed by atoms with Crippen molar-refractivity contribution < 1.29 is 54.6 Å². The Labute approximate surface area is 197 Å². The highest BCUT2D eigenvalue weighted by Crippen LogP contribution is 2.42. The van der Waals surface area contributed by atoms with Crippen molar-refractivity contribution in [2.24, 2.45) is 18.4 Å². The molecule has 2 aliphatic rings. The van der Waals surface area contributed by atoms with Gasteiger partial charge < -0.3 is 19.7 Å². The summed E-state index contributed by atoms with van der Waals surface area (Å²) >= 11 is 0. The van der Waals surface area contributed by atoms with E-state index in [0.717, 1.165) is 26.1 Å². The zero-order chi connectivity index (χ0) is 27.4. The van der Waals surface area contributed by atoms with Crippen LogP contribution in [0.15, 0.2) is 17.6 Å². The highest BCUT2D eigenvalue weighted by Gasteiger charge is 2.52. The summed E-state index contributed by atoms with van der Waals surface area (Å²) in [6.07, 6.45) is -5.96. The van der Waals surface area contributed by atoms with Crippen LogP contribution in [0.1, 0.15) is 20.3 Å². The van der Waals surface area contributed by atoms with E-state index in [4.69, 9.17) is 19.8 Å². The van der Waals surface area contributed by atoms with Crippen molar-refractivity contribution in [3.05, 3.63) is 12.5 Å². The average Bonchev–Trinajstić information content (AvgIpc) is 3.26. The minimum absolute atomic E-state index is 0.164. The van der Waals surface area contributed by atoms with Gasteiger partial charge in [-0.2, -0.15) is 30.6 Å². The number of hydrogen-bond donors (Lipinski definition) is 2. The van der Waals surface area contributed by atoms with E-state index in [2.05, 4.69) is 23.7 Å². The highest BCUT2D eigenvalue weighted by molar-refractivity contribution is 7.89. The van der Waals surface area contributed by atoms with Crippen molar-refractivity contribution in [1.29, 1.82) is 0 Å². The van der Waals surface area contributed by atoms with Crippen molar-refractivity contribution in [2.75, 3.05) is 32.7 Å².